The maximum Gasteiger partial charge on any atom is 0.573 e. The normalized spacial score (nSPS) is 15.2. The third-order valence-corrected chi connectivity index (χ3v) is 7.95. The Bertz CT molecular complexity index is 1580. The highest BCUT2D eigenvalue weighted by Crippen LogP contribution is 2.31. The maximum absolute atomic E-state index is 12.7. The number of alkyl halides is 3. The molecule has 1 unspecified atom stereocenters. The molecule has 8 nitrogen and oxygen atoms in total. The van der Waals surface area contributed by atoms with Gasteiger partial charge in [-0.25, -0.2) is 9.67 Å². The second-order valence-electron chi connectivity index (χ2n) is 10.2. The van der Waals surface area contributed by atoms with Gasteiger partial charge in [0.25, 0.3) is 5.91 Å². The van der Waals surface area contributed by atoms with Crippen molar-refractivity contribution in [3.8, 4) is 22.8 Å². The Balaban J connectivity index is 1.14. The molecule has 224 valence electrons. The number of ether oxygens (including phenoxy) is 1. The highest BCUT2D eigenvalue weighted by molar-refractivity contribution is 8.14. The van der Waals surface area contributed by atoms with Crippen molar-refractivity contribution in [2.45, 2.75) is 33.1 Å². The number of hydrogen-bond acceptors (Lipinski definition) is 6. The predicted octanol–water partition coefficient (Wildman–Crippen LogP) is 6.28. The summed E-state index contributed by atoms with van der Waals surface area (Å²) in [7, 11) is 0. The molecule has 0 spiro atoms. The van der Waals surface area contributed by atoms with Gasteiger partial charge in [-0.05, 0) is 60.7 Å². The van der Waals surface area contributed by atoms with Crippen LogP contribution in [0.1, 0.15) is 29.5 Å². The molecule has 12 heteroatoms. The Morgan fingerprint density at radius 2 is 1.77 bits per heavy atom. The summed E-state index contributed by atoms with van der Waals surface area (Å²) < 4.78 is 42.6. The topological polar surface area (TPSA) is 84.6 Å². The molecule has 3 aromatic carbocycles. The molecule has 2 heterocycles. The van der Waals surface area contributed by atoms with Gasteiger partial charge < -0.3 is 15.0 Å². The standard InChI is InChI=1S/C31H31F3N6O2S/c1-20-5-4-6-21(2)28(20)39-15-16-43-30(39)37-27(41)18-35-17-22(3)23-7-9-24(10-8-23)29-36-19-40(38-29)25-11-13-26(14-12-25)42-31(32,33)34/h4-14,19,22,35H,15-18H2,1-3H3. The van der Waals surface area contributed by atoms with E-state index in [0.29, 0.717) is 18.1 Å². The Labute approximate surface area is 252 Å². The maximum atomic E-state index is 12.7. The molecule has 1 N–H and O–H groups in total. The molecule has 1 aliphatic rings. The van der Waals surface area contributed by atoms with Crippen molar-refractivity contribution in [3.05, 3.63) is 89.7 Å². The number of aryl methyl sites for hydroxylation is 2. The Morgan fingerprint density at radius 3 is 2.44 bits per heavy atom. The highest BCUT2D eigenvalue weighted by Gasteiger charge is 2.31. The van der Waals surface area contributed by atoms with Crippen molar-refractivity contribution in [2.75, 3.05) is 30.3 Å². The molecule has 0 bridgehead atoms. The predicted molar refractivity (Wildman–Crippen MR) is 163 cm³/mol. The van der Waals surface area contributed by atoms with E-state index in [4.69, 9.17) is 0 Å². The summed E-state index contributed by atoms with van der Waals surface area (Å²) in [6.07, 6.45) is -3.24. The quantitative estimate of drug-likeness (QED) is 0.240. The zero-order valence-electron chi connectivity index (χ0n) is 23.9. The molecule has 5 rings (SSSR count). The van der Waals surface area contributed by atoms with E-state index in [1.165, 1.54) is 35.3 Å². The number of hydrogen-bond donors (Lipinski definition) is 1. The summed E-state index contributed by atoms with van der Waals surface area (Å²) in [5.41, 5.74) is 5.89. The van der Waals surface area contributed by atoms with E-state index in [1.807, 2.05) is 30.3 Å². The number of para-hydroxylation sites is 1. The van der Waals surface area contributed by atoms with Crippen molar-refractivity contribution in [3.63, 3.8) is 0 Å². The summed E-state index contributed by atoms with van der Waals surface area (Å²) >= 11 is 1.60. The fourth-order valence-corrected chi connectivity index (χ4v) is 5.84. The second kappa shape index (κ2) is 13.0. The SMILES string of the molecule is Cc1cccc(C)c1N1CCSC1=NC(=O)CNCC(C)c1ccc(-c2ncn(-c3ccc(OC(F)(F)F)cc3)n2)cc1. The molecule has 0 saturated carbocycles. The zero-order chi connectivity index (χ0) is 30.6. The summed E-state index contributed by atoms with van der Waals surface area (Å²) in [5.74, 6) is 1.01. The van der Waals surface area contributed by atoms with Crippen LogP contribution in [0.3, 0.4) is 0 Å². The van der Waals surface area contributed by atoms with Crippen LogP contribution in [-0.4, -0.2) is 57.6 Å². The van der Waals surface area contributed by atoms with Crippen molar-refractivity contribution >= 4 is 28.5 Å². The third-order valence-electron chi connectivity index (χ3n) is 7.00. The number of anilines is 1. The van der Waals surface area contributed by atoms with Gasteiger partial charge in [-0.1, -0.05) is 61.2 Å². The molecule has 1 atom stereocenters. The zero-order valence-corrected chi connectivity index (χ0v) is 24.7. The van der Waals surface area contributed by atoms with Gasteiger partial charge >= 0.3 is 6.36 Å². The van der Waals surface area contributed by atoms with Crippen molar-refractivity contribution in [1.82, 2.24) is 20.1 Å². The number of amides is 1. The number of amidine groups is 1. The molecule has 0 aliphatic carbocycles. The first-order chi connectivity index (χ1) is 20.6. The third kappa shape index (κ3) is 7.63. The van der Waals surface area contributed by atoms with Crippen LogP contribution >= 0.6 is 11.8 Å². The van der Waals surface area contributed by atoms with Gasteiger partial charge in [0.2, 0.25) is 0 Å². The van der Waals surface area contributed by atoms with Crippen molar-refractivity contribution < 1.29 is 22.7 Å². The average Bonchev–Trinajstić information content (AvgIpc) is 3.63. The van der Waals surface area contributed by atoms with Gasteiger partial charge in [0.15, 0.2) is 11.0 Å². The van der Waals surface area contributed by atoms with Crippen molar-refractivity contribution in [1.29, 1.82) is 0 Å². The number of aliphatic imine (C=N–C) groups is 1. The summed E-state index contributed by atoms with van der Waals surface area (Å²) in [6.45, 7) is 7.81. The van der Waals surface area contributed by atoms with E-state index in [2.05, 4.69) is 62.9 Å². The summed E-state index contributed by atoms with van der Waals surface area (Å²) in [6, 6.07) is 19.4. The number of carbonyl (C=O) groups is 1. The molecule has 1 fully saturated rings. The summed E-state index contributed by atoms with van der Waals surface area (Å²) in [5, 5.41) is 8.43. The van der Waals surface area contributed by atoms with E-state index in [1.54, 1.807) is 11.8 Å². The van der Waals surface area contributed by atoms with Crippen LogP contribution in [0.2, 0.25) is 0 Å². The molecule has 1 aliphatic heterocycles. The van der Waals surface area contributed by atoms with E-state index in [-0.39, 0.29) is 24.1 Å². The lowest BCUT2D eigenvalue weighted by Crippen LogP contribution is -2.29. The minimum atomic E-state index is -4.74. The largest absolute Gasteiger partial charge is 0.573 e. The molecule has 4 aromatic rings. The van der Waals surface area contributed by atoms with Crippen molar-refractivity contribution in [2.24, 2.45) is 4.99 Å². The minimum absolute atomic E-state index is 0.143. The molecular weight excluding hydrogens is 577 g/mol. The number of benzene rings is 3. The van der Waals surface area contributed by atoms with Gasteiger partial charge in [-0.2, -0.15) is 4.99 Å². The first kappa shape index (κ1) is 30.3. The van der Waals surface area contributed by atoms with Gasteiger partial charge in [-0.15, -0.1) is 18.3 Å². The monoisotopic (exact) mass is 608 g/mol. The van der Waals surface area contributed by atoms with Gasteiger partial charge in [-0.3, -0.25) is 4.79 Å². The van der Waals surface area contributed by atoms with Crippen LogP contribution in [0.15, 0.2) is 78.0 Å². The number of rotatable bonds is 9. The van der Waals surface area contributed by atoms with E-state index in [0.717, 1.165) is 45.4 Å². The molecular formula is C31H31F3N6O2S. The Kier molecular flexibility index (Phi) is 9.16. The molecule has 1 saturated heterocycles. The van der Waals surface area contributed by atoms with Crippen LogP contribution in [0, 0.1) is 13.8 Å². The van der Waals surface area contributed by atoms with Crippen LogP contribution in [-0.2, 0) is 4.79 Å². The second-order valence-corrected chi connectivity index (χ2v) is 11.3. The minimum Gasteiger partial charge on any atom is -0.406 e. The number of nitrogens with zero attached hydrogens (tertiary/aromatic N) is 5. The highest BCUT2D eigenvalue weighted by atomic mass is 32.2. The molecule has 1 amide bonds. The number of carbonyl (C=O) groups excluding carboxylic acids is 1. The Morgan fingerprint density at radius 1 is 1.07 bits per heavy atom. The van der Waals surface area contributed by atoms with Gasteiger partial charge in [0, 0.05) is 30.1 Å². The fourth-order valence-electron chi connectivity index (χ4n) is 4.87. The molecule has 0 radical (unpaired) electrons. The van der Waals surface area contributed by atoms with Gasteiger partial charge in [0.05, 0.1) is 12.2 Å². The van der Waals surface area contributed by atoms with Crippen LogP contribution < -0.4 is 15.0 Å². The number of aromatic nitrogens is 3. The van der Waals surface area contributed by atoms with Gasteiger partial charge in [0.1, 0.15) is 12.1 Å². The van der Waals surface area contributed by atoms with E-state index < -0.39 is 6.36 Å². The lowest BCUT2D eigenvalue weighted by Gasteiger charge is -2.22. The number of halogens is 3. The average molecular weight is 609 g/mol. The first-order valence-electron chi connectivity index (χ1n) is 13.7. The Hall–Kier alpha value is -4.16. The first-order valence-corrected chi connectivity index (χ1v) is 14.7. The van der Waals surface area contributed by atoms with Crippen LogP contribution in [0.4, 0.5) is 18.9 Å². The van der Waals surface area contributed by atoms with Crippen LogP contribution in [0.25, 0.3) is 17.1 Å². The fraction of sp³-hybridized carbons (Fsp3) is 0.290. The smallest absolute Gasteiger partial charge is 0.406 e. The lowest BCUT2D eigenvalue weighted by molar-refractivity contribution is -0.274. The van der Waals surface area contributed by atoms with E-state index >= 15 is 0 Å². The lowest BCUT2D eigenvalue weighted by atomic mass is 9.99. The summed E-state index contributed by atoms with van der Waals surface area (Å²) in [4.78, 5) is 23.6. The van der Waals surface area contributed by atoms with Crippen LogP contribution in [0.5, 0.6) is 5.75 Å². The molecule has 43 heavy (non-hydrogen) atoms. The van der Waals surface area contributed by atoms with E-state index in [9.17, 15) is 18.0 Å². The number of nitrogens with one attached hydrogen (secondary N) is 1. The molecule has 1 aromatic heterocycles. The number of thioether (sulfide) groups is 1.